The smallest absolute Gasteiger partial charge is 0.391 e. The first-order valence-electron chi connectivity index (χ1n) is 9.28. The second-order valence-corrected chi connectivity index (χ2v) is 7.04. The van der Waals surface area contributed by atoms with Gasteiger partial charge in [0.15, 0.2) is 0 Å². The van der Waals surface area contributed by atoms with E-state index in [1.807, 2.05) is 0 Å². The molecule has 2 atom stereocenters. The van der Waals surface area contributed by atoms with E-state index in [-0.39, 0.29) is 32.1 Å². The van der Waals surface area contributed by atoms with Crippen molar-refractivity contribution < 1.29 is 47.4 Å². The van der Waals surface area contributed by atoms with Gasteiger partial charge in [0.05, 0.1) is 72.2 Å². The summed E-state index contributed by atoms with van der Waals surface area (Å²) in [7, 11) is -4.27. The molecule has 29 heavy (non-hydrogen) atoms. The normalized spacial score (nSPS) is 14.5. The lowest BCUT2D eigenvalue weighted by atomic mass is 10.4. The molecule has 1 amide bonds. The largest absolute Gasteiger partial charge is 0.472 e. The highest BCUT2D eigenvalue weighted by atomic mass is 31.2. The molecule has 0 rings (SSSR count). The standard InChI is InChI=1S/C16H34N2O10P/c1-15(19)14-28-29(21,22)27-7-4-18-16(20)2-5-23-8-10-25-12-13-26-11-9-24-6-3-17/h15,19H,1-14,17H2,(H,18,20)(H,21,22)/t15-/m1/s1. The fraction of sp³-hybridized carbons (Fsp3) is 0.875. The first-order chi connectivity index (χ1) is 13.9. The van der Waals surface area contributed by atoms with Crippen LogP contribution in [-0.2, 0) is 37.4 Å². The molecule has 0 spiro atoms. The fourth-order valence-corrected chi connectivity index (χ4v) is 2.42. The molecule has 0 aliphatic carbocycles. The molecule has 5 N–H and O–H groups in total. The van der Waals surface area contributed by atoms with E-state index in [0.717, 1.165) is 0 Å². The Labute approximate surface area is 171 Å². The number of amides is 1. The second-order valence-electron chi connectivity index (χ2n) is 5.59. The molecule has 0 aromatic rings. The molecule has 1 unspecified atom stereocenters. The summed E-state index contributed by atoms with van der Waals surface area (Å²) < 4.78 is 41.5. The molecule has 0 aromatic carbocycles. The minimum absolute atomic E-state index is 0.0278. The minimum Gasteiger partial charge on any atom is -0.391 e. The van der Waals surface area contributed by atoms with E-state index in [4.69, 9.17) is 29.8 Å². The molecule has 0 aliphatic rings. The number of ether oxygens (including phenoxy) is 4. The van der Waals surface area contributed by atoms with Gasteiger partial charge in [-0.2, -0.15) is 0 Å². The predicted molar refractivity (Wildman–Crippen MR) is 103 cm³/mol. The van der Waals surface area contributed by atoms with Gasteiger partial charge in [0.25, 0.3) is 0 Å². The molecular formula is C16H34N2O10P. The van der Waals surface area contributed by atoms with Gasteiger partial charge in [-0.1, -0.05) is 0 Å². The number of carbonyl (C=O) groups is 1. The third-order valence-electron chi connectivity index (χ3n) is 2.96. The predicted octanol–water partition coefficient (Wildman–Crippen LogP) is -1.15. The Hall–Kier alpha value is -0.660. The van der Waals surface area contributed by atoms with Crippen molar-refractivity contribution in [3.63, 3.8) is 0 Å². The number of aliphatic hydroxyl groups excluding tert-OH is 1. The fourth-order valence-electron chi connectivity index (χ4n) is 1.67. The maximum atomic E-state index is 11.6. The van der Waals surface area contributed by atoms with Gasteiger partial charge in [0.1, 0.15) is 0 Å². The Bertz CT molecular complexity index is 442. The lowest BCUT2D eigenvalue weighted by Gasteiger charge is -2.13. The SMILES string of the molecule is [CH2][C@@H](O)COP(=O)(O)OCCNC(=O)CCOCCOCCOCCOCCN. The number of hydrogen-bond donors (Lipinski definition) is 4. The Morgan fingerprint density at radius 2 is 1.45 bits per heavy atom. The molecule has 0 aliphatic heterocycles. The first-order valence-corrected chi connectivity index (χ1v) is 10.8. The van der Waals surface area contributed by atoms with Crippen molar-refractivity contribution in [1.82, 2.24) is 5.32 Å². The summed E-state index contributed by atoms with van der Waals surface area (Å²) in [6.45, 7) is 6.41. The zero-order valence-electron chi connectivity index (χ0n) is 16.7. The summed E-state index contributed by atoms with van der Waals surface area (Å²) in [6.07, 6.45) is -1.00. The summed E-state index contributed by atoms with van der Waals surface area (Å²) >= 11 is 0. The first kappa shape index (κ1) is 28.3. The highest BCUT2D eigenvalue weighted by Gasteiger charge is 2.21. The summed E-state index contributed by atoms with van der Waals surface area (Å²) in [6, 6.07) is 0. The van der Waals surface area contributed by atoms with Gasteiger partial charge in [0, 0.05) is 19.5 Å². The topological polar surface area (TPSA) is 168 Å². The summed E-state index contributed by atoms with van der Waals surface area (Å²) in [5.74, 6) is -0.290. The van der Waals surface area contributed by atoms with Crippen LogP contribution in [0.15, 0.2) is 0 Å². The zero-order valence-corrected chi connectivity index (χ0v) is 17.6. The number of nitrogens with two attached hydrogens (primary N) is 1. The molecule has 0 heterocycles. The quantitative estimate of drug-likeness (QED) is 0.124. The maximum Gasteiger partial charge on any atom is 0.472 e. The molecule has 0 fully saturated rings. The van der Waals surface area contributed by atoms with Crippen LogP contribution in [0.3, 0.4) is 0 Å². The number of rotatable bonds is 21. The van der Waals surface area contributed by atoms with Crippen molar-refractivity contribution in [3.05, 3.63) is 6.92 Å². The van der Waals surface area contributed by atoms with Crippen LogP contribution < -0.4 is 11.1 Å². The highest BCUT2D eigenvalue weighted by molar-refractivity contribution is 7.47. The van der Waals surface area contributed by atoms with Gasteiger partial charge in [-0.15, -0.1) is 0 Å². The molecule has 0 saturated carbocycles. The zero-order chi connectivity index (χ0) is 21.8. The van der Waals surface area contributed by atoms with E-state index in [1.165, 1.54) is 0 Å². The van der Waals surface area contributed by atoms with Crippen molar-refractivity contribution in [2.24, 2.45) is 5.73 Å². The lowest BCUT2D eigenvalue weighted by Crippen LogP contribution is -2.28. The van der Waals surface area contributed by atoms with Gasteiger partial charge >= 0.3 is 7.82 Å². The van der Waals surface area contributed by atoms with Crippen molar-refractivity contribution in [3.8, 4) is 0 Å². The van der Waals surface area contributed by atoms with Crippen molar-refractivity contribution in [1.29, 1.82) is 0 Å². The Kier molecular flexibility index (Phi) is 18.9. The van der Waals surface area contributed by atoms with Crippen molar-refractivity contribution >= 4 is 13.7 Å². The number of nitrogens with one attached hydrogen (secondary N) is 1. The van der Waals surface area contributed by atoms with Gasteiger partial charge in [0.2, 0.25) is 5.91 Å². The van der Waals surface area contributed by atoms with Crippen LogP contribution in [0.4, 0.5) is 0 Å². The number of phosphoric ester groups is 1. The maximum absolute atomic E-state index is 11.6. The van der Waals surface area contributed by atoms with Crippen LogP contribution >= 0.6 is 7.82 Å². The van der Waals surface area contributed by atoms with E-state index in [2.05, 4.69) is 21.3 Å². The summed E-state index contributed by atoms with van der Waals surface area (Å²) in [4.78, 5) is 20.8. The molecular weight excluding hydrogens is 411 g/mol. The van der Waals surface area contributed by atoms with Gasteiger partial charge < -0.3 is 40.0 Å². The molecule has 1 radical (unpaired) electrons. The summed E-state index contributed by atoms with van der Waals surface area (Å²) in [5, 5.41) is 11.4. The number of hydrogen-bond acceptors (Lipinski definition) is 10. The van der Waals surface area contributed by atoms with Crippen LogP contribution in [0.5, 0.6) is 0 Å². The van der Waals surface area contributed by atoms with Crippen LogP contribution in [0.2, 0.25) is 0 Å². The monoisotopic (exact) mass is 445 g/mol. The molecule has 0 aromatic heterocycles. The van der Waals surface area contributed by atoms with E-state index in [9.17, 15) is 14.3 Å². The molecule has 0 bridgehead atoms. The average Bonchev–Trinajstić information content (AvgIpc) is 2.67. The Morgan fingerprint density at radius 1 is 0.931 bits per heavy atom. The molecule has 12 nitrogen and oxygen atoms in total. The van der Waals surface area contributed by atoms with Crippen molar-refractivity contribution in [2.75, 3.05) is 79.2 Å². The Morgan fingerprint density at radius 3 is 1.97 bits per heavy atom. The van der Waals surface area contributed by atoms with Crippen LogP contribution in [0, 0.1) is 6.92 Å². The molecule has 0 saturated heterocycles. The van der Waals surface area contributed by atoms with E-state index in [1.54, 1.807) is 0 Å². The number of phosphoric acid groups is 1. The third kappa shape index (κ3) is 21.9. The van der Waals surface area contributed by atoms with E-state index in [0.29, 0.717) is 52.8 Å². The van der Waals surface area contributed by atoms with Gasteiger partial charge in [-0.3, -0.25) is 13.8 Å². The van der Waals surface area contributed by atoms with Crippen LogP contribution in [-0.4, -0.2) is 101 Å². The van der Waals surface area contributed by atoms with E-state index >= 15 is 0 Å². The number of carbonyl (C=O) groups excluding carboxylic acids is 1. The van der Waals surface area contributed by atoms with E-state index < -0.39 is 20.5 Å². The molecule has 13 heteroatoms. The molecule has 173 valence electrons. The average molecular weight is 445 g/mol. The van der Waals surface area contributed by atoms with Crippen LogP contribution in [0.1, 0.15) is 6.42 Å². The van der Waals surface area contributed by atoms with Crippen molar-refractivity contribution in [2.45, 2.75) is 12.5 Å². The van der Waals surface area contributed by atoms with Crippen LogP contribution in [0.25, 0.3) is 0 Å². The second kappa shape index (κ2) is 19.3. The number of aliphatic hydroxyl groups is 1. The lowest BCUT2D eigenvalue weighted by molar-refractivity contribution is -0.122. The van der Waals surface area contributed by atoms with Gasteiger partial charge in [-0.25, -0.2) is 4.57 Å². The third-order valence-corrected chi connectivity index (χ3v) is 3.94. The minimum atomic E-state index is -4.27. The summed E-state index contributed by atoms with van der Waals surface area (Å²) in [5.41, 5.74) is 5.28. The highest BCUT2D eigenvalue weighted by Crippen LogP contribution is 2.42. The Balaban J connectivity index is 3.37. The van der Waals surface area contributed by atoms with Gasteiger partial charge in [-0.05, 0) is 6.92 Å².